The lowest BCUT2D eigenvalue weighted by atomic mass is 9.87. The van der Waals surface area contributed by atoms with Crippen molar-refractivity contribution in [1.29, 1.82) is 0 Å². The first-order valence-electron chi connectivity index (χ1n) is 8.86. The number of amides is 4. The van der Waals surface area contributed by atoms with Gasteiger partial charge < -0.3 is 10.6 Å². The highest BCUT2D eigenvalue weighted by Gasteiger charge is 2.51. The Hall–Kier alpha value is -3.40. The molecular formula is C19H16FN5O3S. The molecule has 10 heteroatoms. The molecule has 1 aromatic heterocycles. The maximum absolute atomic E-state index is 13.3. The first-order chi connectivity index (χ1) is 13.9. The fraction of sp³-hybridized carbons (Fsp3) is 0.211. The lowest BCUT2D eigenvalue weighted by Gasteiger charge is -2.25. The van der Waals surface area contributed by atoms with E-state index < -0.39 is 35.7 Å². The number of anilines is 1. The van der Waals surface area contributed by atoms with Gasteiger partial charge in [0.05, 0.1) is 17.4 Å². The van der Waals surface area contributed by atoms with Crippen molar-refractivity contribution in [2.75, 3.05) is 11.9 Å². The summed E-state index contributed by atoms with van der Waals surface area (Å²) < 4.78 is 21.5. The Morgan fingerprint density at radius 2 is 1.97 bits per heavy atom. The van der Waals surface area contributed by atoms with Crippen LogP contribution in [0.3, 0.4) is 0 Å². The highest BCUT2D eigenvalue weighted by Crippen LogP contribution is 2.32. The zero-order chi connectivity index (χ0) is 20.6. The Kier molecular flexibility index (Phi) is 4.71. The number of nitrogens with zero attached hydrogens (tertiary/aromatic N) is 3. The van der Waals surface area contributed by atoms with Crippen LogP contribution in [0.2, 0.25) is 0 Å². The lowest BCUT2D eigenvalue weighted by molar-refractivity contribution is -0.134. The zero-order valence-electron chi connectivity index (χ0n) is 15.3. The molecule has 148 valence electrons. The van der Waals surface area contributed by atoms with E-state index in [0.29, 0.717) is 22.3 Å². The number of benzene rings is 2. The first-order valence-corrected chi connectivity index (χ1v) is 9.59. The van der Waals surface area contributed by atoms with Gasteiger partial charge in [-0.05, 0) is 36.2 Å². The van der Waals surface area contributed by atoms with E-state index in [2.05, 4.69) is 19.4 Å². The van der Waals surface area contributed by atoms with Crippen molar-refractivity contribution < 1.29 is 18.8 Å². The first kappa shape index (κ1) is 18.9. The molecule has 2 heterocycles. The number of nitrogens with one attached hydrogen (secondary N) is 2. The van der Waals surface area contributed by atoms with Gasteiger partial charge in [-0.15, -0.1) is 0 Å². The average molecular weight is 413 g/mol. The van der Waals surface area contributed by atoms with Crippen LogP contribution in [0.15, 0.2) is 42.5 Å². The van der Waals surface area contributed by atoms with Crippen molar-refractivity contribution in [2.24, 2.45) is 0 Å². The molecule has 1 saturated heterocycles. The van der Waals surface area contributed by atoms with Gasteiger partial charge in [0.2, 0.25) is 5.91 Å². The standard InChI is InChI=1S/C19H16FN5O3S/c1-2-19(11-6-8-12(20)9-7-11)17(27)25(18(28)22-19)10-15(26)21-13-4-3-5-14-16(13)24-29-23-14/h3-9H,2,10H2,1H3,(H,21,26)(H,22,28). The van der Waals surface area contributed by atoms with Gasteiger partial charge in [-0.1, -0.05) is 25.1 Å². The molecule has 4 rings (SSSR count). The molecule has 4 amide bonds. The third-order valence-electron chi connectivity index (χ3n) is 4.90. The van der Waals surface area contributed by atoms with Crippen molar-refractivity contribution in [3.63, 3.8) is 0 Å². The molecule has 3 aromatic rings. The van der Waals surface area contributed by atoms with Crippen LogP contribution in [-0.2, 0) is 15.1 Å². The summed E-state index contributed by atoms with van der Waals surface area (Å²) in [6.07, 6.45) is 0.255. The maximum Gasteiger partial charge on any atom is 0.325 e. The van der Waals surface area contributed by atoms with Crippen LogP contribution in [0.1, 0.15) is 18.9 Å². The Labute approximate surface area is 169 Å². The molecule has 1 fully saturated rings. The molecule has 0 aliphatic carbocycles. The molecule has 0 radical (unpaired) electrons. The number of urea groups is 1. The molecule has 2 N–H and O–H groups in total. The summed E-state index contributed by atoms with van der Waals surface area (Å²) in [7, 11) is 0. The monoisotopic (exact) mass is 413 g/mol. The smallest absolute Gasteiger partial charge is 0.323 e. The van der Waals surface area contributed by atoms with Crippen molar-refractivity contribution in [3.8, 4) is 0 Å². The van der Waals surface area contributed by atoms with Gasteiger partial charge >= 0.3 is 6.03 Å². The molecule has 1 aliphatic heterocycles. The Morgan fingerprint density at radius 3 is 2.69 bits per heavy atom. The van der Waals surface area contributed by atoms with Crippen LogP contribution >= 0.6 is 11.7 Å². The van der Waals surface area contributed by atoms with E-state index in [4.69, 9.17) is 0 Å². The van der Waals surface area contributed by atoms with E-state index >= 15 is 0 Å². The number of halogens is 1. The molecule has 0 spiro atoms. The fourth-order valence-corrected chi connectivity index (χ4v) is 3.93. The third-order valence-corrected chi connectivity index (χ3v) is 5.45. The largest absolute Gasteiger partial charge is 0.325 e. The number of aromatic nitrogens is 2. The minimum Gasteiger partial charge on any atom is -0.323 e. The Morgan fingerprint density at radius 1 is 1.21 bits per heavy atom. The summed E-state index contributed by atoms with van der Waals surface area (Å²) in [6, 6.07) is 9.85. The summed E-state index contributed by atoms with van der Waals surface area (Å²) in [5.74, 6) is -1.54. The molecule has 1 aliphatic rings. The number of hydrogen-bond donors (Lipinski definition) is 2. The van der Waals surface area contributed by atoms with Crippen LogP contribution in [-0.4, -0.2) is 38.0 Å². The maximum atomic E-state index is 13.3. The molecule has 29 heavy (non-hydrogen) atoms. The molecular weight excluding hydrogens is 397 g/mol. The summed E-state index contributed by atoms with van der Waals surface area (Å²) >= 11 is 1.02. The van der Waals surface area contributed by atoms with E-state index in [1.807, 2.05) is 0 Å². The second kappa shape index (κ2) is 7.21. The Balaban J connectivity index is 1.55. The third kappa shape index (κ3) is 3.21. The second-order valence-corrected chi connectivity index (χ2v) is 7.10. The van der Waals surface area contributed by atoms with Crippen LogP contribution in [0, 0.1) is 5.82 Å². The van der Waals surface area contributed by atoms with Crippen molar-refractivity contribution in [2.45, 2.75) is 18.9 Å². The number of imide groups is 1. The minimum atomic E-state index is -1.33. The van der Waals surface area contributed by atoms with Gasteiger partial charge in [-0.2, -0.15) is 8.75 Å². The molecule has 8 nitrogen and oxygen atoms in total. The van der Waals surface area contributed by atoms with E-state index in [0.717, 1.165) is 16.6 Å². The van der Waals surface area contributed by atoms with Gasteiger partial charge in [0.25, 0.3) is 5.91 Å². The average Bonchev–Trinajstić information content (AvgIpc) is 3.28. The van der Waals surface area contributed by atoms with Gasteiger partial charge in [-0.25, -0.2) is 9.18 Å². The SMILES string of the molecule is CCC1(c2ccc(F)cc2)NC(=O)N(CC(=O)Nc2cccc3nsnc23)C1=O. The Bertz CT molecular complexity index is 1120. The van der Waals surface area contributed by atoms with E-state index in [1.165, 1.54) is 24.3 Å². The van der Waals surface area contributed by atoms with Crippen molar-refractivity contribution >= 4 is 46.3 Å². The fourth-order valence-electron chi connectivity index (χ4n) is 3.38. The number of fused-ring (bicyclic) bond motifs is 1. The summed E-state index contributed by atoms with van der Waals surface area (Å²) in [6.45, 7) is 1.28. The van der Waals surface area contributed by atoms with Gasteiger partial charge in [-0.3, -0.25) is 14.5 Å². The van der Waals surface area contributed by atoms with Crippen LogP contribution in [0.5, 0.6) is 0 Å². The summed E-state index contributed by atoms with van der Waals surface area (Å²) in [4.78, 5) is 38.9. The predicted octanol–water partition coefficient (Wildman–Crippen LogP) is 2.63. The van der Waals surface area contributed by atoms with E-state index in [1.54, 1.807) is 25.1 Å². The summed E-state index contributed by atoms with van der Waals surface area (Å²) in [5.41, 5.74) is 0.764. The summed E-state index contributed by atoms with van der Waals surface area (Å²) in [5, 5.41) is 5.34. The van der Waals surface area contributed by atoms with Crippen LogP contribution < -0.4 is 10.6 Å². The molecule has 2 aromatic carbocycles. The van der Waals surface area contributed by atoms with E-state index in [-0.39, 0.29) is 6.42 Å². The van der Waals surface area contributed by atoms with Gasteiger partial charge in [0.1, 0.15) is 28.9 Å². The zero-order valence-corrected chi connectivity index (χ0v) is 16.1. The van der Waals surface area contributed by atoms with Gasteiger partial charge in [0.15, 0.2) is 0 Å². The number of hydrogen-bond acceptors (Lipinski definition) is 6. The number of carbonyl (C=O) groups is 3. The van der Waals surface area contributed by atoms with Gasteiger partial charge in [0, 0.05) is 0 Å². The highest BCUT2D eigenvalue weighted by atomic mass is 32.1. The predicted molar refractivity (Wildman–Crippen MR) is 105 cm³/mol. The van der Waals surface area contributed by atoms with Crippen LogP contribution in [0.25, 0.3) is 11.0 Å². The van der Waals surface area contributed by atoms with Crippen molar-refractivity contribution in [1.82, 2.24) is 19.0 Å². The van der Waals surface area contributed by atoms with Crippen molar-refractivity contribution in [3.05, 3.63) is 53.8 Å². The van der Waals surface area contributed by atoms with Crippen LogP contribution in [0.4, 0.5) is 14.9 Å². The number of carbonyl (C=O) groups excluding carboxylic acids is 3. The molecule has 1 atom stereocenters. The quantitative estimate of drug-likeness (QED) is 0.626. The normalized spacial score (nSPS) is 18.9. The highest BCUT2D eigenvalue weighted by molar-refractivity contribution is 7.00. The molecule has 0 saturated carbocycles. The molecule has 0 bridgehead atoms. The topological polar surface area (TPSA) is 104 Å². The lowest BCUT2D eigenvalue weighted by Crippen LogP contribution is -2.44. The second-order valence-electron chi connectivity index (χ2n) is 6.57. The molecule has 1 unspecified atom stereocenters. The minimum absolute atomic E-state index is 0.255. The van der Waals surface area contributed by atoms with E-state index in [9.17, 15) is 18.8 Å². The number of rotatable bonds is 5.